The molecule has 0 aliphatic carbocycles. The van der Waals surface area contributed by atoms with Crippen molar-refractivity contribution >= 4 is 56.2 Å². The molecule has 1 aliphatic rings. The van der Waals surface area contributed by atoms with Crippen LogP contribution < -0.4 is 20.9 Å². The number of benzene rings is 2. The van der Waals surface area contributed by atoms with E-state index in [0.29, 0.717) is 41.4 Å². The standard InChI is InChI=1S/C31H34F3N7O2S/c1-17(2)37-28-27-26(35-16-36-28)22(15-44-27)30(43)39-24-13-20(8-6-18(24)3)38-29(42)19-7-9-25(23(12-19)31(32,33)34)41-11-10-21(14-41)40(4)5/h6-9,12-13,15-17,21H,10-11,14H2,1-5H3,(H,38,42)(H,39,43)(H,35,36,37). The molecule has 5 rings (SSSR count). The Hall–Kier alpha value is -4.23. The normalized spacial score (nSPS) is 15.3. The van der Waals surface area contributed by atoms with E-state index >= 15 is 0 Å². The van der Waals surface area contributed by atoms with Gasteiger partial charge in [0.15, 0.2) is 0 Å². The first kappa shape index (κ1) is 31.2. The van der Waals surface area contributed by atoms with Gasteiger partial charge in [-0.3, -0.25) is 9.59 Å². The van der Waals surface area contributed by atoms with Gasteiger partial charge in [-0.05, 0) is 77.2 Å². The lowest BCUT2D eigenvalue weighted by molar-refractivity contribution is -0.137. The number of nitrogens with zero attached hydrogens (tertiary/aromatic N) is 4. The fourth-order valence-corrected chi connectivity index (χ4v) is 6.13. The van der Waals surface area contributed by atoms with Crippen molar-refractivity contribution < 1.29 is 22.8 Å². The number of likely N-dealkylation sites (N-methyl/N-ethyl adjacent to an activating group) is 1. The summed E-state index contributed by atoms with van der Waals surface area (Å²) in [6, 6.07) is 8.89. The highest BCUT2D eigenvalue weighted by molar-refractivity contribution is 7.18. The zero-order valence-corrected chi connectivity index (χ0v) is 25.9. The molecular formula is C31H34F3N7O2S. The third-order valence-electron chi connectivity index (χ3n) is 7.57. The van der Waals surface area contributed by atoms with Gasteiger partial charge in [-0.25, -0.2) is 9.97 Å². The minimum atomic E-state index is -4.63. The van der Waals surface area contributed by atoms with Crippen LogP contribution in [0.4, 0.5) is 36.1 Å². The Morgan fingerprint density at radius 2 is 1.84 bits per heavy atom. The van der Waals surface area contributed by atoms with Crippen LogP contribution in [0.3, 0.4) is 0 Å². The highest BCUT2D eigenvalue weighted by Gasteiger charge is 2.37. The van der Waals surface area contributed by atoms with E-state index in [2.05, 4.69) is 25.9 Å². The van der Waals surface area contributed by atoms with Gasteiger partial charge in [0.25, 0.3) is 11.8 Å². The van der Waals surface area contributed by atoms with Gasteiger partial charge in [-0.15, -0.1) is 11.3 Å². The fourth-order valence-electron chi connectivity index (χ4n) is 5.18. The number of carbonyl (C=O) groups excluding carboxylic acids is 2. The molecule has 1 aliphatic heterocycles. The number of alkyl halides is 3. The number of hydrogen-bond donors (Lipinski definition) is 3. The molecule has 9 nitrogen and oxygen atoms in total. The Kier molecular flexibility index (Phi) is 8.80. The second kappa shape index (κ2) is 12.4. The Bertz CT molecular complexity index is 1700. The highest BCUT2D eigenvalue weighted by Crippen LogP contribution is 2.39. The van der Waals surface area contributed by atoms with Crippen LogP contribution in [0.1, 0.15) is 52.1 Å². The van der Waals surface area contributed by atoms with Gasteiger partial charge >= 0.3 is 6.18 Å². The average Bonchev–Trinajstić information content (AvgIpc) is 3.62. The lowest BCUT2D eigenvalue weighted by Crippen LogP contribution is -2.32. The molecule has 1 atom stereocenters. The zero-order valence-electron chi connectivity index (χ0n) is 25.0. The van der Waals surface area contributed by atoms with Crippen LogP contribution in [0.5, 0.6) is 0 Å². The number of rotatable bonds is 8. The van der Waals surface area contributed by atoms with Crippen LogP contribution in [-0.4, -0.2) is 66.0 Å². The van der Waals surface area contributed by atoms with Crippen LogP contribution in [0.2, 0.25) is 0 Å². The number of thiophene rings is 1. The van der Waals surface area contributed by atoms with Gasteiger partial charge in [0.1, 0.15) is 12.1 Å². The number of halogens is 3. The predicted octanol–water partition coefficient (Wildman–Crippen LogP) is 6.48. The molecule has 44 heavy (non-hydrogen) atoms. The minimum Gasteiger partial charge on any atom is -0.369 e. The SMILES string of the molecule is Cc1ccc(NC(=O)c2ccc(N3CCC(N(C)C)C3)c(C(F)(F)F)c2)cc1NC(=O)c1csc2c(NC(C)C)ncnc12. The Labute approximate surface area is 257 Å². The molecule has 2 aromatic heterocycles. The summed E-state index contributed by atoms with van der Waals surface area (Å²) in [5.74, 6) is -0.433. The third kappa shape index (κ3) is 6.63. The van der Waals surface area contributed by atoms with E-state index in [9.17, 15) is 22.8 Å². The summed E-state index contributed by atoms with van der Waals surface area (Å²) in [5.41, 5.74) is 1.49. The van der Waals surface area contributed by atoms with Crippen molar-refractivity contribution in [1.29, 1.82) is 0 Å². The van der Waals surface area contributed by atoms with Crippen molar-refractivity contribution in [3.8, 4) is 0 Å². The smallest absolute Gasteiger partial charge is 0.369 e. The number of nitrogens with one attached hydrogen (secondary N) is 3. The molecule has 2 aromatic carbocycles. The molecule has 0 radical (unpaired) electrons. The van der Waals surface area contributed by atoms with Crippen molar-refractivity contribution in [3.05, 3.63) is 70.4 Å². The summed E-state index contributed by atoms with van der Waals surface area (Å²) in [7, 11) is 3.82. The van der Waals surface area contributed by atoms with Crippen molar-refractivity contribution in [2.45, 2.75) is 45.5 Å². The first-order chi connectivity index (χ1) is 20.8. The predicted molar refractivity (Wildman–Crippen MR) is 169 cm³/mol. The maximum Gasteiger partial charge on any atom is 0.418 e. The van der Waals surface area contributed by atoms with Gasteiger partial charge in [-0.2, -0.15) is 13.2 Å². The second-order valence-corrected chi connectivity index (χ2v) is 12.2. The maximum absolute atomic E-state index is 14.1. The summed E-state index contributed by atoms with van der Waals surface area (Å²) in [5, 5.41) is 10.5. The molecule has 0 saturated carbocycles. The van der Waals surface area contributed by atoms with E-state index in [1.54, 1.807) is 35.4 Å². The number of anilines is 4. The first-order valence-electron chi connectivity index (χ1n) is 14.2. The molecule has 0 bridgehead atoms. The second-order valence-electron chi connectivity index (χ2n) is 11.4. The van der Waals surface area contributed by atoms with E-state index in [4.69, 9.17) is 0 Å². The number of fused-ring (bicyclic) bond motifs is 1. The van der Waals surface area contributed by atoms with E-state index < -0.39 is 17.6 Å². The van der Waals surface area contributed by atoms with E-state index in [0.717, 1.165) is 22.8 Å². The summed E-state index contributed by atoms with van der Waals surface area (Å²) >= 11 is 1.36. The maximum atomic E-state index is 14.1. The van der Waals surface area contributed by atoms with Crippen LogP contribution in [0.25, 0.3) is 10.2 Å². The van der Waals surface area contributed by atoms with Crippen LogP contribution in [-0.2, 0) is 6.18 Å². The van der Waals surface area contributed by atoms with Gasteiger partial charge in [-0.1, -0.05) is 6.07 Å². The monoisotopic (exact) mass is 625 g/mol. The molecule has 2 amide bonds. The van der Waals surface area contributed by atoms with Crippen LogP contribution in [0.15, 0.2) is 48.1 Å². The van der Waals surface area contributed by atoms with Gasteiger partial charge in [0.05, 0.1) is 21.3 Å². The summed E-state index contributed by atoms with van der Waals surface area (Å²) in [4.78, 5) is 38.7. The zero-order chi connectivity index (χ0) is 31.8. The van der Waals surface area contributed by atoms with E-state index in [-0.39, 0.29) is 29.2 Å². The van der Waals surface area contributed by atoms with Gasteiger partial charge in [0, 0.05) is 53.2 Å². The molecule has 13 heteroatoms. The number of carbonyl (C=O) groups is 2. The lowest BCUT2D eigenvalue weighted by Gasteiger charge is -2.25. The average molecular weight is 626 g/mol. The number of hydrogen-bond acceptors (Lipinski definition) is 8. The van der Waals surface area contributed by atoms with Gasteiger partial charge < -0.3 is 25.8 Å². The van der Waals surface area contributed by atoms with Gasteiger partial charge in [0.2, 0.25) is 0 Å². The molecular weight excluding hydrogens is 591 g/mol. The van der Waals surface area contributed by atoms with Crippen molar-refractivity contribution in [2.75, 3.05) is 48.0 Å². The van der Waals surface area contributed by atoms with E-state index in [1.165, 1.54) is 29.8 Å². The molecule has 4 aromatic rings. The van der Waals surface area contributed by atoms with Crippen molar-refractivity contribution in [1.82, 2.24) is 14.9 Å². The van der Waals surface area contributed by atoms with Crippen LogP contribution >= 0.6 is 11.3 Å². The molecule has 3 heterocycles. The Morgan fingerprint density at radius 1 is 1.07 bits per heavy atom. The Balaban J connectivity index is 1.34. The number of amides is 2. The Morgan fingerprint density at radius 3 is 2.52 bits per heavy atom. The largest absolute Gasteiger partial charge is 0.418 e. The minimum absolute atomic E-state index is 0.0667. The summed E-state index contributed by atoms with van der Waals surface area (Å²) < 4.78 is 43.1. The molecule has 232 valence electrons. The molecule has 1 unspecified atom stereocenters. The topological polar surface area (TPSA) is 102 Å². The first-order valence-corrected chi connectivity index (χ1v) is 15.0. The molecule has 1 saturated heterocycles. The van der Waals surface area contributed by atoms with Crippen molar-refractivity contribution in [3.63, 3.8) is 0 Å². The fraction of sp³-hybridized carbons (Fsp3) is 0.355. The van der Waals surface area contributed by atoms with Crippen molar-refractivity contribution in [2.24, 2.45) is 0 Å². The molecule has 3 N–H and O–H groups in total. The lowest BCUT2D eigenvalue weighted by atomic mass is 10.1. The van der Waals surface area contributed by atoms with E-state index in [1.807, 2.05) is 32.8 Å². The highest BCUT2D eigenvalue weighted by atomic mass is 32.1. The summed E-state index contributed by atoms with van der Waals surface area (Å²) in [6.07, 6.45) is -2.47. The quantitative estimate of drug-likeness (QED) is 0.206. The molecule has 1 fully saturated rings. The van der Waals surface area contributed by atoms with Crippen LogP contribution in [0, 0.1) is 6.92 Å². The third-order valence-corrected chi connectivity index (χ3v) is 8.54. The summed E-state index contributed by atoms with van der Waals surface area (Å²) in [6.45, 7) is 6.75. The number of aryl methyl sites for hydroxylation is 1. The number of aromatic nitrogens is 2. The molecule has 0 spiro atoms.